The van der Waals surface area contributed by atoms with Crippen LogP contribution in [0.5, 0.6) is 5.75 Å². The molecule has 0 radical (unpaired) electrons. The van der Waals surface area contributed by atoms with Gasteiger partial charge in [0.2, 0.25) is 15.6 Å². The van der Waals surface area contributed by atoms with Crippen LogP contribution in [0.15, 0.2) is 16.6 Å². The fraction of sp³-hybridized carbons (Fsp3) is 0.455. The molecule has 1 unspecified atom stereocenters. The van der Waals surface area contributed by atoms with E-state index in [1.165, 1.54) is 0 Å². The third-order valence-corrected chi connectivity index (χ3v) is 4.82. The number of benzene rings is 1. The minimum absolute atomic E-state index is 0.167. The zero-order valence-corrected chi connectivity index (χ0v) is 16.6. The first-order valence-corrected chi connectivity index (χ1v) is 9.58. The second-order valence-electron chi connectivity index (χ2n) is 4.62. The quantitative estimate of drug-likeness (QED) is 0.586. The largest absolute Gasteiger partial charge is 0.495 e. The first-order chi connectivity index (χ1) is 10.5. The summed E-state index contributed by atoms with van der Waals surface area (Å²) in [5.74, 6) is -0.332. The van der Waals surface area contributed by atoms with Crippen molar-refractivity contribution in [3.8, 4) is 5.75 Å². The first kappa shape index (κ1) is 21.9. The summed E-state index contributed by atoms with van der Waals surface area (Å²) in [5.41, 5.74) is -4.92. The van der Waals surface area contributed by atoms with Gasteiger partial charge in [-0.25, -0.2) is 12.8 Å². The van der Waals surface area contributed by atoms with Crippen LogP contribution in [-0.2, 0) is 15.6 Å². The Morgan fingerprint density at radius 3 is 2.08 bits per heavy atom. The van der Waals surface area contributed by atoms with Gasteiger partial charge >= 0.3 is 5.38 Å². The molecule has 138 valence electrons. The van der Waals surface area contributed by atoms with Crippen LogP contribution < -0.4 is 9.46 Å². The third kappa shape index (κ3) is 4.34. The Hall–Kier alpha value is -0.130. The number of halogens is 7. The van der Waals surface area contributed by atoms with Crippen molar-refractivity contribution in [1.29, 1.82) is 0 Å². The monoisotopic (exact) mass is 493 g/mol. The van der Waals surface area contributed by atoms with Crippen LogP contribution in [0, 0.1) is 0 Å². The molecule has 0 saturated carbocycles. The SMILES string of the molecule is COc1cc(C(O)(C(F)(F)Cl)C(F)(Cl)Cl)cc(Br)c1NS(C)(=O)=O. The van der Waals surface area contributed by atoms with Gasteiger partial charge in [0, 0.05) is 10.0 Å². The van der Waals surface area contributed by atoms with Gasteiger partial charge in [-0.05, 0) is 39.7 Å². The lowest BCUT2D eigenvalue weighted by molar-refractivity contribution is -0.164. The molecule has 5 nitrogen and oxygen atoms in total. The average molecular weight is 496 g/mol. The molecule has 1 rings (SSSR count). The van der Waals surface area contributed by atoms with Crippen LogP contribution >= 0.6 is 50.7 Å². The lowest BCUT2D eigenvalue weighted by Crippen LogP contribution is -2.52. The molecule has 0 aromatic heterocycles. The molecule has 0 fully saturated rings. The minimum Gasteiger partial charge on any atom is -0.495 e. The highest BCUT2D eigenvalue weighted by Crippen LogP contribution is 2.55. The fourth-order valence-corrected chi connectivity index (χ4v) is 3.77. The Morgan fingerprint density at radius 2 is 1.75 bits per heavy atom. The maximum absolute atomic E-state index is 13.9. The van der Waals surface area contributed by atoms with Gasteiger partial charge in [-0.1, -0.05) is 23.2 Å². The molecule has 0 aliphatic rings. The summed E-state index contributed by atoms with van der Waals surface area (Å²) < 4.78 is 66.7. The zero-order valence-electron chi connectivity index (χ0n) is 11.9. The standard InChI is InChI=1S/C11H10BrCl3F3NO4S/c1-23-7-4-5(3-6(12)8(7)19-24(2,21)22)9(20,10(13,14)16)11(15,17)18/h3-4,19-20H,1-2H3. The summed E-state index contributed by atoms with van der Waals surface area (Å²) >= 11 is 17.8. The van der Waals surface area contributed by atoms with Gasteiger partial charge in [0.05, 0.1) is 13.4 Å². The molecule has 1 aromatic rings. The summed E-state index contributed by atoms with van der Waals surface area (Å²) in [6.07, 6.45) is 0.833. The lowest BCUT2D eigenvalue weighted by Gasteiger charge is -2.36. The predicted octanol–water partition coefficient (Wildman–Crippen LogP) is 3.95. The maximum atomic E-state index is 13.9. The number of hydrogen-bond donors (Lipinski definition) is 2. The van der Waals surface area contributed by atoms with Crippen molar-refractivity contribution in [1.82, 2.24) is 0 Å². The van der Waals surface area contributed by atoms with E-state index in [1.54, 1.807) is 0 Å². The molecule has 0 aliphatic heterocycles. The molecular formula is C11H10BrCl3F3NO4S. The van der Waals surface area contributed by atoms with E-state index in [0.29, 0.717) is 6.07 Å². The van der Waals surface area contributed by atoms with E-state index in [4.69, 9.17) is 39.5 Å². The van der Waals surface area contributed by atoms with Crippen LogP contribution in [0.2, 0.25) is 0 Å². The number of aliphatic hydroxyl groups is 1. The summed E-state index contributed by atoms with van der Waals surface area (Å²) in [5, 5.41) is 5.46. The molecule has 0 spiro atoms. The van der Waals surface area contributed by atoms with Crippen LogP contribution in [0.4, 0.5) is 18.9 Å². The zero-order chi connectivity index (χ0) is 19.1. The van der Waals surface area contributed by atoms with Crippen molar-refractivity contribution in [2.75, 3.05) is 18.1 Å². The Bertz CT molecular complexity index is 723. The normalized spacial score (nSPS) is 15.8. The summed E-state index contributed by atoms with van der Waals surface area (Å²) in [7, 11) is -2.68. The van der Waals surface area contributed by atoms with Gasteiger partial charge in [-0.3, -0.25) is 4.72 Å². The summed E-state index contributed by atoms with van der Waals surface area (Å²) in [6.45, 7) is 0. The number of anilines is 1. The average Bonchev–Trinajstić information content (AvgIpc) is 2.35. The molecule has 0 bridgehead atoms. The van der Waals surface area contributed by atoms with Crippen molar-refractivity contribution in [3.05, 3.63) is 22.2 Å². The highest BCUT2D eigenvalue weighted by Gasteiger charge is 2.66. The van der Waals surface area contributed by atoms with Crippen molar-refractivity contribution in [2.45, 2.75) is 15.6 Å². The third-order valence-electron chi connectivity index (χ3n) is 2.80. The highest BCUT2D eigenvalue weighted by atomic mass is 79.9. The molecule has 2 N–H and O–H groups in total. The molecule has 0 saturated heterocycles. The number of nitrogens with one attached hydrogen (secondary N) is 1. The van der Waals surface area contributed by atoms with E-state index >= 15 is 0 Å². The second-order valence-corrected chi connectivity index (χ2v) is 8.93. The Kier molecular flexibility index (Phi) is 6.28. The van der Waals surface area contributed by atoms with Crippen LogP contribution in [-0.4, -0.2) is 36.9 Å². The maximum Gasteiger partial charge on any atom is 0.359 e. The lowest BCUT2D eigenvalue weighted by atomic mass is 9.94. The first-order valence-electron chi connectivity index (χ1n) is 5.76. The molecular weight excluding hydrogens is 485 g/mol. The van der Waals surface area contributed by atoms with Crippen LogP contribution in [0.1, 0.15) is 5.56 Å². The second kappa shape index (κ2) is 6.88. The van der Waals surface area contributed by atoms with Gasteiger partial charge in [-0.2, -0.15) is 8.78 Å². The van der Waals surface area contributed by atoms with Gasteiger partial charge in [0.15, 0.2) is 0 Å². The van der Waals surface area contributed by atoms with Crippen molar-refractivity contribution >= 4 is 66.4 Å². The molecule has 1 atom stereocenters. The Labute approximate surface area is 159 Å². The summed E-state index contributed by atoms with van der Waals surface area (Å²) in [6, 6.07) is 1.49. The van der Waals surface area contributed by atoms with E-state index in [0.717, 1.165) is 19.4 Å². The molecule has 24 heavy (non-hydrogen) atoms. The smallest absolute Gasteiger partial charge is 0.359 e. The van der Waals surface area contributed by atoms with E-state index in [1.807, 2.05) is 0 Å². The van der Waals surface area contributed by atoms with Crippen LogP contribution in [0.25, 0.3) is 0 Å². The number of alkyl halides is 6. The van der Waals surface area contributed by atoms with Crippen LogP contribution in [0.3, 0.4) is 0 Å². The van der Waals surface area contributed by atoms with Gasteiger partial charge in [0.25, 0.3) is 4.59 Å². The van der Waals surface area contributed by atoms with E-state index in [-0.39, 0.29) is 15.9 Å². The number of ether oxygens (including phenoxy) is 1. The van der Waals surface area contributed by atoms with Gasteiger partial charge in [-0.15, -0.1) is 0 Å². The molecule has 13 heteroatoms. The Balaban J connectivity index is 3.70. The predicted molar refractivity (Wildman–Crippen MR) is 89.4 cm³/mol. The van der Waals surface area contributed by atoms with Gasteiger partial charge < -0.3 is 9.84 Å². The molecule has 0 aliphatic carbocycles. The van der Waals surface area contributed by atoms with Crippen molar-refractivity contribution in [3.63, 3.8) is 0 Å². The molecule has 0 amide bonds. The van der Waals surface area contributed by atoms with Gasteiger partial charge in [0.1, 0.15) is 11.4 Å². The number of hydrogen-bond acceptors (Lipinski definition) is 4. The van der Waals surface area contributed by atoms with E-state index in [2.05, 4.69) is 20.7 Å². The van der Waals surface area contributed by atoms with Crippen molar-refractivity contribution in [2.24, 2.45) is 0 Å². The fourth-order valence-electron chi connectivity index (χ4n) is 1.72. The topological polar surface area (TPSA) is 75.6 Å². The van der Waals surface area contributed by atoms with Crippen molar-refractivity contribution < 1.29 is 31.4 Å². The number of sulfonamides is 1. The summed E-state index contributed by atoms with van der Waals surface area (Å²) in [4.78, 5) is 0. The minimum atomic E-state index is -4.62. The number of rotatable bonds is 6. The van der Waals surface area contributed by atoms with E-state index in [9.17, 15) is 26.7 Å². The molecule has 1 aromatic carbocycles. The number of methoxy groups -OCH3 is 1. The van der Waals surface area contributed by atoms with E-state index < -0.39 is 31.2 Å². The Morgan fingerprint density at radius 1 is 1.25 bits per heavy atom. The molecule has 0 heterocycles. The highest BCUT2D eigenvalue weighted by molar-refractivity contribution is 9.10.